The number of carbonyl (C=O) groups excluding carboxylic acids is 1. The fourth-order valence-corrected chi connectivity index (χ4v) is 3.46. The molecule has 0 aliphatic rings. The number of anilines is 1. The van der Waals surface area contributed by atoms with Crippen LogP contribution in [-0.2, 0) is 11.3 Å². The Labute approximate surface area is 190 Å². The second-order valence-corrected chi connectivity index (χ2v) is 7.52. The van der Waals surface area contributed by atoms with E-state index < -0.39 is 29.8 Å². The largest absolute Gasteiger partial charge is 0.350 e. The first kappa shape index (κ1) is 21.2. The van der Waals surface area contributed by atoms with E-state index in [0.717, 1.165) is 27.9 Å². The molecule has 0 radical (unpaired) electrons. The summed E-state index contributed by atoms with van der Waals surface area (Å²) in [5.74, 6) is -1.89. The molecule has 170 valence electrons. The van der Waals surface area contributed by atoms with E-state index in [1.54, 1.807) is 12.1 Å². The highest BCUT2D eigenvalue weighted by atomic mass is 19.1. The average molecular weight is 462 g/mol. The fraction of sp³-hybridized carbons (Fsp3) is 0.0870. The lowest BCUT2D eigenvalue weighted by Crippen LogP contribution is -2.28. The standard InChI is InChI=1S/C23H16F2N6O3/c1-13-4-2-5-14(10-13)20-27-22(34-29-20)16-6-3-9-30-21(16)28-31(23(30)33)12-19(32)26-18-8-7-15(24)11-17(18)25/h2-11H,12H2,1H3,(H,26,32). The van der Waals surface area contributed by atoms with E-state index >= 15 is 0 Å². The van der Waals surface area contributed by atoms with Gasteiger partial charge in [0.2, 0.25) is 11.7 Å². The topological polar surface area (TPSA) is 107 Å². The molecule has 0 bridgehead atoms. The Hall–Kier alpha value is -4.67. The van der Waals surface area contributed by atoms with Crippen LogP contribution in [0.3, 0.4) is 0 Å². The first-order valence-corrected chi connectivity index (χ1v) is 10.1. The van der Waals surface area contributed by atoms with Gasteiger partial charge >= 0.3 is 5.69 Å². The molecule has 5 aromatic rings. The van der Waals surface area contributed by atoms with E-state index in [9.17, 15) is 18.4 Å². The first-order chi connectivity index (χ1) is 16.4. The summed E-state index contributed by atoms with van der Waals surface area (Å²) < 4.78 is 34.5. The molecular formula is C23H16F2N6O3. The number of halogens is 2. The number of aromatic nitrogens is 5. The second kappa shape index (κ2) is 8.35. The minimum atomic E-state index is -0.932. The summed E-state index contributed by atoms with van der Waals surface area (Å²) in [4.78, 5) is 29.6. The zero-order valence-electron chi connectivity index (χ0n) is 17.7. The van der Waals surface area contributed by atoms with Gasteiger partial charge in [0.1, 0.15) is 18.2 Å². The molecule has 0 atom stereocenters. The van der Waals surface area contributed by atoms with Gasteiger partial charge in [-0.25, -0.2) is 22.7 Å². The van der Waals surface area contributed by atoms with E-state index in [2.05, 4.69) is 20.6 Å². The smallest absolute Gasteiger partial charge is 0.333 e. The highest BCUT2D eigenvalue weighted by Gasteiger charge is 2.19. The summed E-state index contributed by atoms with van der Waals surface area (Å²) in [6, 6.07) is 13.6. The molecule has 11 heteroatoms. The van der Waals surface area contributed by atoms with Gasteiger partial charge in [-0.15, -0.1) is 5.10 Å². The van der Waals surface area contributed by atoms with Crippen LogP contribution in [0.1, 0.15) is 5.56 Å². The van der Waals surface area contributed by atoms with Crippen LogP contribution in [0.2, 0.25) is 0 Å². The maximum Gasteiger partial charge on any atom is 0.350 e. The quantitative estimate of drug-likeness (QED) is 0.429. The van der Waals surface area contributed by atoms with E-state index in [1.165, 1.54) is 10.6 Å². The SMILES string of the molecule is Cc1cccc(-c2noc(-c3cccn4c(=O)n(CC(=O)Nc5ccc(F)cc5F)nc34)n2)c1. The second-order valence-electron chi connectivity index (χ2n) is 7.52. The molecule has 3 aromatic heterocycles. The molecule has 0 fully saturated rings. The minimum absolute atomic E-state index is 0.150. The van der Waals surface area contributed by atoms with Gasteiger partial charge in [0.05, 0.1) is 11.3 Å². The zero-order valence-corrected chi connectivity index (χ0v) is 17.7. The number of amides is 1. The van der Waals surface area contributed by atoms with Crippen molar-refractivity contribution in [2.45, 2.75) is 13.5 Å². The van der Waals surface area contributed by atoms with Gasteiger partial charge < -0.3 is 9.84 Å². The lowest BCUT2D eigenvalue weighted by molar-refractivity contribution is -0.117. The van der Waals surface area contributed by atoms with Gasteiger partial charge in [-0.05, 0) is 37.3 Å². The molecule has 0 saturated heterocycles. The van der Waals surface area contributed by atoms with E-state index in [-0.39, 0.29) is 17.2 Å². The van der Waals surface area contributed by atoms with Crippen molar-refractivity contribution >= 4 is 17.2 Å². The zero-order chi connectivity index (χ0) is 23.8. The molecule has 34 heavy (non-hydrogen) atoms. The van der Waals surface area contributed by atoms with Gasteiger partial charge in [-0.2, -0.15) is 4.98 Å². The third kappa shape index (κ3) is 3.94. The predicted octanol–water partition coefficient (Wildman–Crippen LogP) is 3.44. The van der Waals surface area contributed by atoms with Crippen molar-refractivity contribution < 1.29 is 18.1 Å². The average Bonchev–Trinajstić information content (AvgIpc) is 3.41. The van der Waals surface area contributed by atoms with Gasteiger partial charge in [0.25, 0.3) is 5.89 Å². The van der Waals surface area contributed by atoms with Crippen molar-refractivity contribution in [1.82, 2.24) is 24.3 Å². The normalized spacial score (nSPS) is 11.1. The molecular weight excluding hydrogens is 446 g/mol. The molecule has 2 aromatic carbocycles. The van der Waals surface area contributed by atoms with Crippen LogP contribution < -0.4 is 11.0 Å². The number of aryl methyl sites for hydroxylation is 1. The molecule has 3 heterocycles. The molecule has 5 rings (SSSR count). The summed E-state index contributed by atoms with van der Waals surface area (Å²) in [7, 11) is 0. The van der Waals surface area contributed by atoms with Crippen LogP contribution in [0.5, 0.6) is 0 Å². The van der Waals surface area contributed by atoms with Crippen LogP contribution >= 0.6 is 0 Å². The summed E-state index contributed by atoms with van der Waals surface area (Å²) >= 11 is 0. The summed E-state index contributed by atoms with van der Waals surface area (Å²) in [6.07, 6.45) is 1.49. The van der Waals surface area contributed by atoms with Gasteiger partial charge in [-0.1, -0.05) is 28.9 Å². The van der Waals surface area contributed by atoms with Gasteiger partial charge in [0, 0.05) is 17.8 Å². The Morgan fingerprint density at radius 3 is 2.76 bits per heavy atom. The van der Waals surface area contributed by atoms with Crippen molar-refractivity contribution in [2.24, 2.45) is 0 Å². The maximum absolute atomic E-state index is 13.8. The Kier molecular flexibility index (Phi) is 5.21. The van der Waals surface area contributed by atoms with Crippen molar-refractivity contribution in [3.8, 4) is 22.8 Å². The van der Waals surface area contributed by atoms with Crippen LogP contribution in [0, 0.1) is 18.6 Å². The number of nitrogens with zero attached hydrogens (tertiary/aromatic N) is 5. The van der Waals surface area contributed by atoms with Crippen LogP contribution in [-0.4, -0.2) is 30.2 Å². The summed E-state index contributed by atoms with van der Waals surface area (Å²) in [5.41, 5.74) is 1.61. The molecule has 0 aliphatic heterocycles. The molecule has 1 N–H and O–H groups in total. The molecule has 0 unspecified atom stereocenters. The minimum Gasteiger partial charge on any atom is -0.333 e. The Bertz CT molecular complexity index is 1600. The molecule has 1 amide bonds. The Morgan fingerprint density at radius 2 is 1.97 bits per heavy atom. The Balaban J connectivity index is 1.45. The number of fused-ring (bicyclic) bond motifs is 1. The molecule has 0 aliphatic carbocycles. The predicted molar refractivity (Wildman–Crippen MR) is 118 cm³/mol. The maximum atomic E-state index is 13.8. The fourth-order valence-electron chi connectivity index (χ4n) is 3.46. The summed E-state index contributed by atoms with van der Waals surface area (Å²) in [6.45, 7) is 1.46. The van der Waals surface area contributed by atoms with Gasteiger partial charge in [-0.3, -0.25) is 4.79 Å². The number of rotatable bonds is 5. The summed E-state index contributed by atoms with van der Waals surface area (Å²) in [5, 5.41) is 10.5. The third-order valence-electron chi connectivity index (χ3n) is 5.04. The number of hydrogen-bond acceptors (Lipinski definition) is 6. The van der Waals surface area contributed by atoms with Crippen LogP contribution in [0.25, 0.3) is 28.5 Å². The van der Waals surface area contributed by atoms with E-state index in [1.807, 2.05) is 31.2 Å². The highest BCUT2D eigenvalue weighted by molar-refractivity contribution is 5.90. The molecule has 9 nitrogen and oxygen atoms in total. The Morgan fingerprint density at radius 1 is 1.12 bits per heavy atom. The van der Waals surface area contributed by atoms with Crippen LogP contribution in [0.15, 0.2) is 70.1 Å². The lowest BCUT2D eigenvalue weighted by Gasteiger charge is -2.05. The molecule has 0 spiro atoms. The number of nitrogens with one attached hydrogen (secondary N) is 1. The number of pyridine rings is 1. The first-order valence-electron chi connectivity index (χ1n) is 10.1. The monoisotopic (exact) mass is 462 g/mol. The van der Waals surface area contributed by atoms with Crippen LogP contribution in [0.4, 0.5) is 14.5 Å². The lowest BCUT2D eigenvalue weighted by atomic mass is 10.1. The van der Waals surface area contributed by atoms with Crippen molar-refractivity contribution in [3.05, 3.63) is 88.5 Å². The number of carbonyl (C=O) groups is 1. The highest BCUT2D eigenvalue weighted by Crippen LogP contribution is 2.25. The van der Waals surface area contributed by atoms with E-state index in [4.69, 9.17) is 4.52 Å². The third-order valence-corrected chi connectivity index (χ3v) is 5.04. The number of benzene rings is 2. The molecule has 0 saturated carbocycles. The van der Waals surface area contributed by atoms with Gasteiger partial charge in [0.15, 0.2) is 5.65 Å². The van der Waals surface area contributed by atoms with Crippen molar-refractivity contribution in [1.29, 1.82) is 0 Å². The van der Waals surface area contributed by atoms with Crippen molar-refractivity contribution in [3.63, 3.8) is 0 Å². The number of hydrogen-bond donors (Lipinski definition) is 1. The van der Waals surface area contributed by atoms with Crippen molar-refractivity contribution in [2.75, 3.05) is 5.32 Å². The van der Waals surface area contributed by atoms with E-state index in [0.29, 0.717) is 17.5 Å².